The van der Waals surface area contributed by atoms with Crippen molar-refractivity contribution in [2.75, 3.05) is 13.1 Å². The number of piperidine rings is 1. The Kier molecular flexibility index (Phi) is 4.67. The molecule has 1 fully saturated rings. The second-order valence-corrected chi connectivity index (χ2v) is 8.14. The molecule has 130 valence electrons. The highest BCUT2D eigenvalue weighted by molar-refractivity contribution is 7.21. The highest BCUT2D eigenvalue weighted by Crippen LogP contribution is 2.31. The topological polar surface area (TPSA) is 51.0 Å². The van der Waals surface area contributed by atoms with Crippen molar-refractivity contribution in [3.8, 4) is 9.88 Å². The van der Waals surface area contributed by atoms with E-state index in [4.69, 9.17) is 0 Å². The van der Waals surface area contributed by atoms with E-state index in [1.807, 2.05) is 34.8 Å². The highest BCUT2D eigenvalue weighted by atomic mass is 32.1. The number of thiazole rings is 1. The van der Waals surface area contributed by atoms with Crippen LogP contribution in [0, 0.1) is 0 Å². The molecule has 0 bridgehead atoms. The van der Waals surface area contributed by atoms with Crippen LogP contribution in [0.3, 0.4) is 0 Å². The van der Waals surface area contributed by atoms with Gasteiger partial charge in [0.2, 0.25) is 0 Å². The predicted molar refractivity (Wildman–Crippen MR) is 101 cm³/mol. The van der Waals surface area contributed by atoms with Crippen LogP contribution in [-0.2, 0) is 6.42 Å². The summed E-state index contributed by atoms with van der Waals surface area (Å²) in [6.45, 7) is 3.68. The third kappa shape index (κ3) is 3.26. The van der Waals surface area contributed by atoms with Crippen molar-refractivity contribution in [1.82, 2.24) is 19.4 Å². The maximum absolute atomic E-state index is 12.9. The molecule has 1 saturated heterocycles. The number of amides is 1. The zero-order chi connectivity index (χ0) is 17.2. The number of aryl methyl sites for hydroxylation is 1. The van der Waals surface area contributed by atoms with Crippen molar-refractivity contribution in [2.45, 2.75) is 32.2 Å². The van der Waals surface area contributed by atoms with Crippen molar-refractivity contribution in [1.29, 1.82) is 0 Å². The summed E-state index contributed by atoms with van der Waals surface area (Å²) < 4.78 is 2.24. The Hall–Kier alpha value is -1.99. The summed E-state index contributed by atoms with van der Waals surface area (Å²) in [7, 11) is 0. The van der Waals surface area contributed by atoms with Crippen molar-refractivity contribution in [3.05, 3.63) is 46.8 Å². The first-order valence-electron chi connectivity index (χ1n) is 8.57. The van der Waals surface area contributed by atoms with Gasteiger partial charge in [-0.25, -0.2) is 9.97 Å². The number of carbonyl (C=O) groups is 1. The van der Waals surface area contributed by atoms with Crippen LogP contribution in [0.1, 0.15) is 41.3 Å². The second-order valence-electron chi connectivity index (χ2n) is 6.16. The SMILES string of the molecule is CCc1nccn1C1CCCN(C(=O)c2cnc(-c3cccs3)s2)C1. The predicted octanol–water partition coefficient (Wildman–Crippen LogP) is 4.11. The van der Waals surface area contributed by atoms with Crippen LogP contribution in [0.15, 0.2) is 36.1 Å². The normalized spacial score (nSPS) is 17.8. The molecule has 1 aliphatic rings. The average Bonchev–Trinajstić information content (AvgIpc) is 3.41. The summed E-state index contributed by atoms with van der Waals surface area (Å²) in [6.07, 6.45) is 8.65. The van der Waals surface area contributed by atoms with Gasteiger partial charge in [-0.1, -0.05) is 13.0 Å². The molecular weight excluding hydrogens is 352 g/mol. The second kappa shape index (κ2) is 7.09. The van der Waals surface area contributed by atoms with Crippen molar-refractivity contribution < 1.29 is 4.79 Å². The van der Waals surface area contributed by atoms with Crippen LogP contribution in [-0.4, -0.2) is 38.4 Å². The standard InChI is InChI=1S/C18H20N4OS2/c1-2-16-19-7-9-22(16)13-5-3-8-21(12-13)18(23)15-11-20-17(25-15)14-6-4-10-24-14/h4,6-7,9-11,13H,2-3,5,8,12H2,1H3. The van der Waals surface area contributed by atoms with Crippen LogP contribution in [0.5, 0.6) is 0 Å². The molecule has 4 heterocycles. The number of imidazole rings is 1. The quantitative estimate of drug-likeness (QED) is 0.692. The van der Waals surface area contributed by atoms with Gasteiger partial charge in [0.05, 0.1) is 17.1 Å². The fraction of sp³-hybridized carbons (Fsp3) is 0.389. The lowest BCUT2D eigenvalue weighted by Crippen LogP contribution is -2.40. The molecule has 7 heteroatoms. The average molecular weight is 373 g/mol. The number of hydrogen-bond donors (Lipinski definition) is 0. The molecule has 3 aromatic heterocycles. The lowest BCUT2D eigenvalue weighted by molar-refractivity contribution is 0.0682. The van der Waals surface area contributed by atoms with Crippen LogP contribution >= 0.6 is 22.7 Å². The first kappa shape index (κ1) is 16.5. The highest BCUT2D eigenvalue weighted by Gasteiger charge is 2.27. The Bertz CT molecular complexity index is 852. The molecule has 0 spiro atoms. The van der Waals surface area contributed by atoms with Gasteiger partial charge in [0.25, 0.3) is 5.91 Å². The molecule has 0 aromatic carbocycles. The molecule has 0 saturated carbocycles. The minimum absolute atomic E-state index is 0.100. The molecule has 0 N–H and O–H groups in total. The van der Waals surface area contributed by atoms with Crippen LogP contribution in [0.4, 0.5) is 0 Å². The number of likely N-dealkylation sites (tertiary alicyclic amines) is 1. The maximum atomic E-state index is 12.9. The lowest BCUT2D eigenvalue weighted by atomic mass is 10.0. The Labute approximate surface area is 155 Å². The number of nitrogens with zero attached hydrogens (tertiary/aromatic N) is 4. The number of thiophene rings is 1. The lowest BCUT2D eigenvalue weighted by Gasteiger charge is -2.33. The van der Waals surface area contributed by atoms with E-state index in [1.165, 1.54) is 11.3 Å². The van der Waals surface area contributed by atoms with Gasteiger partial charge in [0.1, 0.15) is 15.7 Å². The third-order valence-electron chi connectivity index (χ3n) is 4.59. The van der Waals surface area contributed by atoms with Crippen LogP contribution in [0.25, 0.3) is 9.88 Å². The molecule has 0 radical (unpaired) electrons. The van der Waals surface area contributed by atoms with Gasteiger partial charge in [-0.15, -0.1) is 22.7 Å². The van der Waals surface area contributed by atoms with E-state index in [0.29, 0.717) is 6.04 Å². The fourth-order valence-corrected chi connectivity index (χ4v) is 5.05. The van der Waals surface area contributed by atoms with Crippen molar-refractivity contribution in [2.24, 2.45) is 0 Å². The maximum Gasteiger partial charge on any atom is 0.265 e. The van der Waals surface area contributed by atoms with E-state index in [-0.39, 0.29) is 5.91 Å². The van der Waals surface area contributed by atoms with Gasteiger partial charge in [-0.3, -0.25) is 4.79 Å². The molecule has 4 rings (SSSR count). The smallest absolute Gasteiger partial charge is 0.265 e. The molecule has 3 aromatic rings. The minimum atomic E-state index is 0.100. The summed E-state index contributed by atoms with van der Waals surface area (Å²) in [4.78, 5) is 25.6. The summed E-state index contributed by atoms with van der Waals surface area (Å²) in [5, 5.41) is 2.96. The summed E-state index contributed by atoms with van der Waals surface area (Å²) in [6, 6.07) is 4.37. The zero-order valence-corrected chi connectivity index (χ0v) is 15.7. The van der Waals surface area contributed by atoms with Gasteiger partial charge >= 0.3 is 0 Å². The Morgan fingerprint density at radius 2 is 2.32 bits per heavy atom. The minimum Gasteiger partial charge on any atom is -0.336 e. The van der Waals surface area contributed by atoms with E-state index in [9.17, 15) is 4.79 Å². The van der Waals surface area contributed by atoms with Crippen LogP contribution in [0.2, 0.25) is 0 Å². The van der Waals surface area contributed by atoms with Gasteiger partial charge in [0.15, 0.2) is 0 Å². The molecule has 25 heavy (non-hydrogen) atoms. The molecule has 1 atom stereocenters. The number of rotatable bonds is 4. The van der Waals surface area contributed by atoms with Crippen molar-refractivity contribution >= 4 is 28.6 Å². The number of aromatic nitrogens is 3. The Morgan fingerprint density at radius 1 is 1.40 bits per heavy atom. The Balaban J connectivity index is 1.50. The molecule has 0 aliphatic carbocycles. The van der Waals surface area contributed by atoms with Crippen LogP contribution < -0.4 is 0 Å². The van der Waals surface area contributed by atoms with E-state index in [1.54, 1.807) is 17.5 Å². The number of hydrogen-bond acceptors (Lipinski definition) is 5. The molecule has 1 unspecified atom stereocenters. The van der Waals surface area contributed by atoms with Gasteiger partial charge in [-0.2, -0.15) is 0 Å². The fourth-order valence-electron chi connectivity index (χ4n) is 3.36. The van der Waals surface area contributed by atoms with Gasteiger partial charge in [0, 0.05) is 31.9 Å². The van der Waals surface area contributed by atoms with Gasteiger partial charge < -0.3 is 9.47 Å². The third-order valence-corrected chi connectivity index (χ3v) is 6.62. The first-order chi connectivity index (χ1) is 12.3. The molecular formula is C18H20N4OS2. The summed E-state index contributed by atoms with van der Waals surface area (Å²) in [5.41, 5.74) is 0. The van der Waals surface area contributed by atoms with E-state index in [2.05, 4.69) is 21.5 Å². The molecule has 1 amide bonds. The summed E-state index contributed by atoms with van der Waals surface area (Å²) >= 11 is 3.14. The van der Waals surface area contributed by atoms with Crippen molar-refractivity contribution in [3.63, 3.8) is 0 Å². The number of carbonyl (C=O) groups excluding carboxylic acids is 1. The summed E-state index contributed by atoms with van der Waals surface area (Å²) in [5.74, 6) is 1.19. The van der Waals surface area contributed by atoms with E-state index in [0.717, 1.165) is 52.9 Å². The molecule has 1 aliphatic heterocycles. The van der Waals surface area contributed by atoms with E-state index >= 15 is 0 Å². The largest absolute Gasteiger partial charge is 0.336 e. The first-order valence-corrected chi connectivity index (χ1v) is 10.3. The monoisotopic (exact) mass is 372 g/mol. The van der Waals surface area contributed by atoms with E-state index < -0.39 is 0 Å². The van der Waals surface area contributed by atoms with Gasteiger partial charge in [-0.05, 0) is 24.3 Å². The zero-order valence-electron chi connectivity index (χ0n) is 14.1. The molecule has 5 nitrogen and oxygen atoms in total. The Morgan fingerprint density at radius 3 is 3.12 bits per heavy atom.